The third-order valence-electron chi connectivity index (χ3n) is 3.99. The molecule has 1 N–H and O–H groups in total. The third kappa shape index (κ3) is 2.70. The van der Waals surface area contributed by atoms with Gasteiger partial charge in [0, 0.05) is 18.9 Å². The van der Waals surface area contributed by atoms with Crippen LogP contribution in [-0.2, 0) is 11.2 Å². The largest absolute Gasteiger partial charge is 0.389 e. The molecule has 0 radical (unpaired) electrons. The zero-order valence-corrected chi connectivity index (χ0v) is 11.0. The molecule has 1 aromatic carbocycles. The fourth-order valence-electron chi connectivity index (χ4n) is 2.66. The van der Waals surface area contributed by atoms with Crippen LogP contribution >= 0.6 is 0 Å². The first-order chi connectivity index (χ1) is 8.00. The molecule has 1 fully saturated rings. The molecule has 2 rings (SSSR count). The molecule has 1 aliphatic heterocycles. The van der Waals surface area contributed by atoms with E-state index in [0.29, 0.717) is 6.61 Å². The topological polar surface area (TPSA) is 29.5 Å². The molecule has 2 atom stereocenters. The van der Waals surface area contributed by atoms with Crippen molar-refractivity contribution in [2.75, 3.05) is 13.2 Å². The first-order valence-electron chi connectivity index (χ1n) is 6.36. The number of rotatable bonds is 3. The van der Waals surface area contributed by atoms with Gasteiger partial charge in [-0.15, -0.1) is 0 Å². The third-order valence-corrected chi connectivity index (χ3v) is 3.99. The van der Waals surface area contributed by atoms with E-state index in [0.717, 1.165) is 19.4 Å². The molecule has 1 heterocycles. The Morgan fingerprint density at radius 2 is 2.00 bits per heavy atom. The number of hydrogen-bond acceptors (Lipinski definition) is 2. The number of benzene rings is 1. The predicted octanol–water partition coefficient (Wildman–Crippen LogP) is 2.63. The van der Waals surface area contributed by atoms with Crippen molar-refractivity contribution in [3.05, 3.63) is 34.9 Å². The molecule has 1 saturated heterocycles. The van der Waals surface area contributed by atoms with Crippen LogP contribution < -0.4 is 0 Å². The van der Waals surface area contributed by atoms with Gasteiger partial charge >= 0.3 is 0 Å². The lowest BCUT2D eigenvalue weighted by Crippen LogP contribution is -2.37. The molecule has 0 spiro atoms. The minimum Gasteiger partial charge on any atom is -0.389 e. The highest BCUT2D eigenvalue weighted by Gasteiger charge is 2.35. The fourth-order valence-corrected chi connectivity index (χ4v) is 2.66. The Hall–Kier alpha value is -0.860. The summed E-state index contributed by atoms with van der Waals surface area (Å²) in [5.74, 6) is 0.265. The maximum absolute atomic E-state index is 10.6. The lowest BCUT2D eigenvalue weighted by Gasteiger charge is -2.30. The smallest absolute Gasteiger partial charge is 0.0710 e. The zero-order chi connectivity index (χ0) is 12.5. The quantitative estimate of drug-likeness (QED) is 0.871. The van der Waals surface area contributed by atoms with Gasteiger partial charge in [-0.3, -0.25) is 0 Å². The van der Waals surface area contributed by atoms with Crippen LogP contribution in [0.2, 0.25) is 0 Å². The molecule has 17 heavy (non-hydrogen) atoms. The average Bonchev–Trinajstić information content (AvgIpc) is 2.77. The van der Waals surface area contributed by atoms with Gasteiger partial charge in [-0.25, -0.2) is 0 Å². The lowest BCUT2D eigenvalue weighted by molar-refractivity contribution is -0.00478. The van der Waals surface area contributed by atoms with Crippen LogP contribution in [-0.4, -0.2) is 23.9 Å². The average molecular weight is 234 g/mol. The number of aliphatic hydroxyl groups is 1. The van der Waals surface area contributed by atoms with E-state index in [1.165, 1.54) is 16.7 Å². The Bertz CT molecular complexity index is 370. The van der Waals surface area contributed by atoms with Crippen LogP contribution in [0, 0.1) is 19.8 Å². The molecule has 1 aromatic rings. The van der Waals surface area contributed by atoms with Gasteiger partial charge < -0.3 is 9.84 Å². The van der Waals surface area contributed by atoms with E-state index >= 15 is 0 Å². The molecule has 0 aliphatic carbocycles. The predicted molar refractivity (Wildman–Crippen MR) is 69.2 cm³/mol. The molecule has 0 saturated carbocycles. The summed E-state index contributed by atoms with van der Waals surface area (Å²) in [5.41, 5.74) is 3.16. The van der Waals surface area contributed by atoms with Crippen LogP contribution in [0.1, 0.15) is 30.0 Å². The summed E-state index contributed by atoms with van der Waals surface area (Å²) < 4.78 is 5.38. The highest BCUT2D eigenvalue weighted by molar-refractivity contribution is 5.34. The van der Waals surface area contributed by atoms with Gasteiger partial charge in [0.25, 0.3) is 0 Å². The molecule has 0 amide bonds. The van der Waals surface area contributed by atoms with E-state index in [4.69, 9.17) is 4.74 Å². The summed E-state index contributed by atoms with van der Waals surface area (Å²) in [6.07, 6.45) is 1.69. The standard InChI is InChI=1S/C15H22O2/c1-11-5-4-6-12(2)14(11)9-15(3,16)13-7-8-17-10-13/h4-6,13,16H,7-10H2,1-3H3. The number of hydrogen-bond donors (Lipinski definition) is 1. The van der Waals surface area contributed by atoms with Crippen LogP contribution in [0.3, 0.4) is 0 Å². The molecule has 2 unspecified atom stereocenters. The van der Waals surface area contributed by atoms with Crippen LogP contribution in [0.15, 0.2) is 18.2 Å². The Kier molecular flexibility index (Phi) is 3.55. The molecular formula is C15H22O2. The summed E-state index contributed by atoms with van der Waals surface area (Å²) in [4.78, 5) is 0. The molecule has 2 heteroatoms. The van der Waals surface area contributed by atoms with Gasteiger partial charge in [0.1, 0.15) is 0 Å². The molecule has 1 aliphatic rings. The normalized spacial score (nSPS) is 23.6. The van der Waals surface area contributed by atoms with Gasteiger partial charge in [-0.2, -0.15) is 0 Å². The maximum atomic E-state index is 10.6. The first kappa shape index (κ1) is 12.6. The van der Waals surface area contributed by atoms with E-state index < -0.39 is 5.60 Å². The lowest BCUT2D eigenvalue weighted by atomic mass is 9.81. The Morgan fingerprint density at radius 1 is 1.35 bits per heavy atom. The SMILES string of the molecule is Cc1cccc(C)c1CC(C)(O)C1CCOC1. The van der Waals surface area contributed by atoms with Crippen molar-refractivity contribution in [2.24, 2.45) is 5.92 Å². The van der Waals surface area contributed by atoms with Gasteiger partial charge in [0.15, 0.2) is 0 Å². The van der Waals surface area contributed by atoms with E-state index in [1.807, 2.05) is 6.92 Å². The second-order valence-corrected chi connectivity index (χ2v) is 5.46. The molecule has 2 nitrogen and oxygen atoms in total. The minimum absolute atomic E-state index is 0.265. The van der Waals surface area contributed by atoms with Crippen molar-refractivity contribution < 1.29 is 9.84 Å². The van der Waals surface area contributed by atoms with Crippen molar-refractivity contribution in [3.63, 3.8) is 0 Å². The van der Waals surface area contributed by atoms with Crippen molar-refractivity contribution in [1.29, 1.82) is 0 Å². The second-order valence-electron chi connectivity index (χ2n) is 5.46. The number of ether oxygens (including phenoxy) is 1. The molecular weight excluding hydrogens is 212 g/mol. The zero-order valence-electron chi connectivity index (χ0n) is 11.0. The Labute approximate surface area is 104 Å². The monoisotopic (exact) mass is 234 g/mol. The van der Waals surface area contributed by atoms with Crippen molar-refractivity contribution in [1.82, 2.24) is 0 Å². The summed E-state index contributed by atoms with van der Waals surface area (Å²) in [7, 11) is 0. The molecule has 0 aromatic heterocycles. The fraction of sp³-hybridized carbons (Fsp3) is 0.600. The van der Waals surface area contributed by atoms with Gasteiger partial charge in [0.05, 0.1) is 12.2 Å². The molecule has 0 bridgehead atoms. The minimum atomic E-state index is -0.659. The van der Waals surface area contributed by atoms with Crippen LogP contribution in [0.4, 0.5) is 0 Å². The Morgan fingerprint density at radius 3 is 2.53 bits per heavy atom. The summed E-state index contributed by atoms with van der Waals surface area (Å²) in [6, 6.07) is 6.30. The van der Waals surface area contributed by atoms with Gasteiger partial charge in [-0.1, -0.05) is 18.2 Å². The first-order valence-corrected chi connectivity index (χ1v) is 6.36. The van der Waals surface area contributed by atoms with Crippen LogP contribution in [0.25, 0.3) is 0 Å². The maximum Gasteiger partial charge on any atom is 0.0710 e. The molecule has 94 valence electrons. The van der Waals surface area contributed by atoms with E-state index in [1.54, 1.807) is 0 Å². The summed E-state index contributed by atoms with van der Waals surface area (Å²) >= 11 is 0. The highest BCUT2D eigenvalue weighted by Crippen LogP contribution is 2.30. The van der Waals surface area contributed by atoms with E-state index in [-0.39, 0.29) is 5.92 Å². The summed E-state index contributed by atoms with van der Waals surface area (Å²) in [5, 5.41) is 10.6. The summed E-state index contributed by atoms with van der Waals surface area (Å²) in [6.45, 7) is 7.65. The van der Waals surface area contributed by atoms with E-state index in [2.05, 4.69) is 32.0 Å². The second kappa shape index (κ2) is 4.79. The van der Waals surface area contributed by atoms with Gasteiger partial charge in [-0.05, 0) is 43.9 Å². The van der Waals surface area contributed by atoms with Gasteiger partial charge in [0.2, 0.25) is 0 Å². The van der Waals surface area contributed by atoms with Crippen LogP contribution in [0.5, 0.6) is 0 Å². The van der Waals surface area contributed by atoms with E-state index in [9.17, 15) is 5.11 Å². The number of aryl methyl sites for hydroxylation is 2. The van der Waals surface area contributed by atoms with Crippen molar-refractivity contribution >= 4 is 0 Å². The Balaban J connectivity index is 2.19. The van der Waals surface area contributed by atoms with Crippen molar-refractivity contribution in [2.45, 2.75) is 39.2 Å². The van der Waals surface area contributed by atoms with Crippen molar-refractivity contribution in [3.8, 4) is 0 Å². The highest BCUT2D eigenvalue weighted by atomic mass is 16.5.